The number of hydrogen-bond donors (Lipinski definition) is 1. The molecule has 0 aliphatic rings. The summed E-state index contributed by atoms with van der Waals surface area (Å²) in [6.07, 6.45) is 3.05. The number of aldehydes is 1. The van der Waals surface area contributed by atoms with Crippen LogP contribution in [0.4, 0.5) is 0 Å². The second-order valence-electron chi connectivity index (χ2n) is 5.00. The van der Waals surface area contributed by atoms with Crippen LogP contribution in [0.2, 0.25) is 0 Å². The number of benzene rings is 2. The summed E-state index contributed by atoms with van der Waals surface area (Å²) in [5.41, 5.74) is 2.59. The number of hydrogen-bond acceptors (Lipinski definition) is 3. The standard InChI is InChI=1S/C18H18O3/c1-2-3-7-17(20)15-6-4-5-13(10-15)14-8-9-18(21)16(11-14)12-19/h4-6,8-12,21H,2-3,7H2,1H3. The molecule has 0 radical (unpaired) electrons. The molecule has 0 spiro atoms. The highest BCUT2D eigenvalue weighted by atomic mass is 16.3. The predicted octanol–water partition coefficient (Wildman–Crippen LogP) is 4.24. The van der Waals surface area contributed by atoms with Gasteiger partial charge in [0.2, 0.25) is 0 Å². The van der Waals surface area contributed by atoms with E-state index in [0.717, 1.165) is 24.0 Å². The number of unbranched alkanes of at least 4 members (excludes halogenated alkanes) is 1. The Bertz CT molecular complexity index is 659. The minimum atomic E-state index is -0.0380. The predicted molar refractivity (Wildman–Crippen MR) is 82.8 cm³/mol. The first kappa shape index (κ1) is 15.0. The highest BCUT2D eigenvalue weighted by molar-refractivity contribution is 5.97. The van der Waals surface area contributed by atoms with E-state index >= 15 is 0 Å². The van der Waals surface area contributed by atoms with Gasteiger partial charge in [-0.2, -0.15) is 0 Å². The summed E-state index contributed by atoms with van der Waals surface area (Å²) in [6, 6.07) is 12.2. The molecular formula is C18H18O3. The first-order valence-corrected chi connectivity index (χ1v) is 7.07. The smallest absolute Gasteiger partial charge is 0.162 e. The fraction of sp³-hybridized carbons (Fsp3) is 0.222. The molecule has 0 aromatic heterocycles. The van der Waals surface area contributed by atoms with Crippen molar-refractivity contribution in [2.45, 2.75) is 26.2 Å². The Balaban J connectivity index is 2.33. The molecule has 0 aliphatic carbocycles. The molecule has 2 aromatic rings. The van der Waals surface area contributed by atoms with Gasteiger partial charge in [0, 0.05) is 12.0 Å². The number of phenolic OH excluding ortho intramolecular Hbond substituents is 1. The van der Waals surface area contributed by atoms with E-state index < -0.39 is 0 Å². The van der Waals surface area contributed by atoms with Gasteiger partial charge in [-0.15, -0.1) is 0 Å². The number of carbonyl (C=O) groups excluding carboxylic acids is 2. The van der Waals surface area contributed by atoms with Gasteiger partial charge < -0.3 is 5.11 Å². The quantitative estimate of drug-likeness (QED) is 0.636. The minimum Gasteiger partial charge on any atom is -0.507 e. The number of phenols is 1. The Hall–Kier alpha value is -2.42. The molecule has 2 rings (SSSR count). The SMILES string of the molecule is CCCCC(=O)c1cccc(-c2ccc(O)c(C=O)c2)c1. The summed E-state index contributed by atoms with van der Waals surface area (Å²) in [5, 5.41) is 9.54. The van der Waals surface area contributed by atoms with E-state index in [0.29, 0.717) is 18.3 Å². The van der Waals surface area contributed by atoms with Crippen molar-refractivity contribution in [1.82, 2.24) is 0 Å². The molecule has 3 heteroatoms. The molecule has 3 nitrogen and oxygen atoms in total. The van der Waals surface area contributed by atoms with Gasteiger partial charge in [0.05, 0.1) is 5.56 Å². The zero-order valence-electron chi connectivity index (χ0n) is 12.0. The van der Waals surface area contributed by atoms with Gasteiger partial charge in [0.1, 0.15) is 5.75 Å². The van der Waals surface area contributed by atoms with Crippen molar-refractivity contribution in [3.05, 3.63) is 53.6 Å². The van der Waals surface area contributed by atoms with Gasteiger partial charge in [-0.1, -0.05) is 37.6 Å². The number of aromatic hydroxyl groups is 1. The van der Waals surface area contributed by atoms with E-state index in [1.165, 1.54) is 6.07 Å². The van der Waals surface area contributed by atoms with Crippen molar-refractivity contribution in [2.75, 3.05) is 0 Å². The maximum absolute atomic E-state index is 12.1. The Kier molecular flexibility index (Phi) is 4.88. The van der Waals surface area contributed by atoms with Crippen LogP contribution in [0.1, 0.15) is 46.9 Å². The van der Waals surface area contributed by atoms with Crippen LogP contribution < -0.4 is 0 Å². The summed E-state index contributed by atoms with van der Waals surface area (Å²) < 4.78 is 0. The summed E-state index contributed by atoms with van der Waals surface area (Å²) in [4.78, 5) is 23.0. The second kappa shape index (κ2) is 6.84. The van der Waals surface area contributed by atoms with E-state index in [9.17, 15) is 14.7 Å². The minimum absolute atomic E-state index is 0.0380. The van der Waals surface area contributed by atoms with E-state index in [-0.39, 0.29) is 17.1 Å². The van der Waals surface area contributed by atoms with E-state index in [1.807, 2.05) is 24.3 Å². The lowest BCUT2D eigenvalue weighted by Gasteiger charge is -2.06. The number of carbonyl (C=O) groups is 2. The van der Waals surface area contributed by atoms with Crippen LogP contribution >= 0.6 is 0 Å². The van der Waals surface area contributed by atoms with Crippen LogP contribution in [0.5, 0.6) is 5.75 Å². The Morgan fingerprint density at radius 2 is 1.90 bits per heavy atom. The van der Waals surface area contributed by atoms with Gasteiger partial charge in [-0.3, -0.25) is 9.59 Å². The third kappa shape index (κ3) is 3.57. The molecule has 0 atom stereocenters. The molecular weight excluding hydrogens is 264 g/mol. The van der Waals surface area contributed by atoms with Crippen molar-refractivity contribution < 1.29 is 14.7 Å². The maximum atomic E-state index is 12.1. The van der Waals surface area contributed by atoms with Crippen LogP contribution in [-0.2, 0) is 0 Å². The molecule has 0 amide bonds. The Labute approximate surface area is 124 Å². The van der Waals surface area contributed by atoms with Gasteiger partial charge in [-0.25, -0.2) is 0 Å². The molecule has 0 heterocycles. The molecule has 21 heavy (non-hydrogen) atoms. The van der Waals surface area contributed by atoms with Crippen molar-refractivity contribution in [3.63, 3.8) is 0 Å². The molecule has 1 N–H and O–H groups in total. The van der Waals surface area contributed by atoms with Gasteiger partial charge in [-0.05, 0) is 35.7 Å². The second-order valence-corrected chi connectivity index (χ2v) is 5.00. The van der Waals surface area contributed by atoms with Gasteiger partial charge in [0.15, 0.2) is 12.1 Å². The third-order valence-electron chi connectivity index (χ3n) is 3.43. The van der Waals surface area contributed by atoms with Crippen molar-refractivity contribution in [3.8, 4) is 16.9 Å². The molecule has 0 aliphatic heterocycles. The molecule has 0 fully saturated rings. The van der Waals surface area contributed by atoms with E-state index in [2.05, 4.69) is 6.92 Å². The first-order valence-electron chi connectivity index (χ1n) is 7.07. The van der Waals surface area contributed by atoms with Crippen LogP contribution in [0.3, 0.4) is 0 Å². The lowest BCUT2D eigenvalue weighted by atomic mass is 9.98. The third-order valence-corrected chi connectivity index (χ3v) is 3.43. The Morgan fingerprint density at radius 1 is 1.14 bits per heavy atom. The summed E-state index contributed by atoms with van der Waals surface area (Å²) in [7, 11) is 0. The lowest BCUT2D eigenvalue weighted by Crippen LogP contribution is -1.98. The van der Waals surface area contributed by atoms with Crippen molar-refractivity contribution in [1.29, 1.82) is 0 Å². The summed E-state index contributed by atoms with van der Waals surface area (Å²) in [5.74, 6) is 0.0945. The highest BCUT2D eigenvalue weighted by Crippen LogP contribution is 2.26. The highest BCUT2D eigenvalue weighted by Gasteiger charge is 2.08. The summed E-state index contributed by atoms with van der Waals surface area (Å²) >= 11 is 0. The fourth-order valence-corrected chi connectivity index (χ4v) is 2.18. The monoisotopic (exact) mass is 282 g/mol. The lowest BCUT2D eigenvalue weighted by molar-refractivity contribution is 0.0979. The Morgan fingerprint density at radius 3 is 2.62 bits per heavy atom. The average Bonchev–Trinajstić information content (AvgIpc) is 2.53. The molecule has 108 valence electrons. The largest absolute Gasteiger partial charge is 0.507 e. The molecule has 0 unspecified atom stereocenters. The first-order chi connectivity index (χ1) is 10.2. The van der Waals surface area contributed by atoms with E-state index in [4.69, 9.17) is 0 Å². The number of rotatable bonds is 6. The van der Waals surface area contributed by atoms with Crippen LogP contribution in [-0.4, -0.2) is 17.2 Å². The maximum Gasteiger partial charge on any atom is 0.162 e. The van der Waals surface area contributed by atoms with Gasteiger partial charge in [0.25, 0.3) is 0 Å². The van der Waals surface area contributed by atoms with Crippen LogP contribution in [0.25, 0.3) is 11.1 Å². The summed E-state index contributed by atoms with van der Waals surface area (Å²) in [6.45, 7) is 2.06. The zero-order chi connectivity index (χ0) is 15.2. The topological polar surface area (TPSA) is 54.4 Å². The van der Waals surface area contributed by atoms with E-state index in [1.54, 1.807) is 12.1 Å². The average molecular weight is 282 g/mol. The molecule has 0 saturated heterocycles. The molecule has 0 saturated carbocycles. The van der Waals surface area contributed by atoms with Crippen molar-refractivity contribution in [2.24, 2.45) is 0 Å². The van der Waals surface area contributed by atoms with Crippen LogP contribution in [0, 0.1) is 0 Å². The van der Waals surface area contributed by atoms with Crippen molar-refractivity contribution >= 4 is 12.1 Å². The van der Waals surface area contributed by atoms with Crippen LogP contribution in [0.15, 0.2) is 42.5 Å². The molecule has 2 aromatic carbocycles. The number of Topliss-reactive ketones (excluding diaryl/α,β-unsaturated/α-hetero) is 1. The number of ketones is 1. The molecule has 0 bridgehead atoms. The fourth-order valence-electron chi connectivity index (χ4n) is 2.18. The normalized spacial score (nSPS) is 10.3. The van der Waals surface area contributed by atoms with Gasteiger partial charge >= 0.3 is 0 Å². The zero-order valence-corrected chi connectivity index (χ0v) is 12.0.